The van der Waals surface area contributed by atoms with Gasteiger partial charge >= 0.3 is 6.09 Å². The third-order valence-corrected chi connectivity index (χ3v) is 5.20. The summed E-state index contributed by atoms with van der Waals surface area (Å²) in [5, 5.41) is 5.41. The molecule has 0 atom stereocenters. The van der Waals surface area contributed by atoms with Crippen molar-refractivity contribution in [3.8, 4) is 0 Å². The van der Waals surface area contributed by atoms with Crippen molar-refractivity contribution in [3.05, 3.63) is 40.0 Å². The van der Waals surface area contributed by atoms with E-state index < -0.39 is 17.9 Å². The zero-order chi connectivity index (χ0) is 18.7. The molecule has 8 nitrogen and oxygen atoms in total. The Morgan fingerprint density at radius 1 is 1.23 bits per heavy atom. The predicted octanol–water partition coefficient (Wildman–Crippen LogP) is 3.20. The summed E-state index contributed by atoms with van der Waals surface area (Å²) >= 11 is 2.46. The molecule has 0 fully saturated rings. The second-order valence-electron chi connectivity index (χ2n) is 5.09. The lowest BCUT2D eigenvalue weighted by Crippen LogP contribution is -2.31. The fourth-order valence-electron chi connectivity index (χ4n) is 2.14. The zero-order valence-electron chi connectivity index (χ0n) is 13.9. The Morgan fingerprint density at radius 2 is 2.04 bits per heavy atom. The van der Waals surface area contributed by atoms with E-state index in [4.69, 9.17) is 4.74 Å². The van der Waals surface area contributed by atoms with Gasteiger partial charge in [-0.1, -0.05) is 0 Å². The molecule has 3 amide bonds. The largest absolute Gasteiger partial charge is 0.450 e. The fourth-order valence-corrected chi connectivity index (χ4v) is 3.87. The van der Waals surface area contributed by atoms with E-state index in [2.05, 4.69) is 20.6 Å². The Bertz CT molecular complexity index is 962. The van der Waals surface area contributed by atoms with E-state index in [-0.39, 0.29) is 17.2 Å². The number of imide groups is 1. The van der Waals surface area contributed by atoms with Gasteiger partial charge in [0.1, 0.15) is 10.5 Å². The third kappa shape index (κ3) is 3.86. The Kier molecular flexibility index (Phi) is 5.24. The van der Waals surface area contributed by atoms with E-state index in [0.29, 0.717) is 10.5 Å². The molecule has 0 radical (unpaired) electrons. The number of thiophene rings is 1. The van der Waals surface area contributed by atoms with Crippen molar-refractivity contribution in [2.24, 2.45) is 0 Å². The van der Waals surface area contributed by atoms with E-state index in [1.165, 1.54) is 22.7 Å². The first kappa shape index (κ1) is 18.0. The summed E-state index contributed by atoms with van der Waals surface area (Å²) in [5.41, 5.74) is 0.821. The van der Waals surface area contributed by atoms with Crippen LogP contribution >= 0.6 is 22.7 Å². The molecular formula is C16H14N4O4S2. The van der Waals surface area contributed by atoms with Gasteiger partial charge in [0, 0.05) is 11.1 Å². The van der Waals surface area contributed by atoms with Gasteiger partial charge in [0.2, 0.25) is 0 Å². The van der Waals surface area contributed by atoms with E-state index in [9.17, 15) is 14.4 Å². The van der Waals surface area contributed by atoms with Crippen molar-refractivity contribution in [1.82, 2.24) is 15.3 Å². The molecule has 0 unspecified atom stereocenters. The van der Waals surface area contributed by atoms with Gasteiger partial charge in [-0.3, -0.25) is 19.9 Å². The van der Waals surface area contributed by atoms with Gasteiger partial charge in [0.15, 0.2) is 5.01 Å². The summed E-state index contributed by atoms with van der Waals surface area (Å²) < 4.78 is 5.54. The van der Waals surface area contributed by atoms with Crippen LogP contribution in [-0.2, 0) is 4.74 Å². The van der Waals surface area contributed by atoms with Crippen LogP contribution in [-0.4, -0.2) is 34.5 Å². The first-order valence-electron chi connectivity index (χ1n) is 7.58. The number of thiazole rings is 1. The number of hydrogen-bond acceptors (Lipinski definition) is 8. The molecule has 0 aliphatic rings. The minimum absolute atomic E-state index is 0.151. The molecule has 0 aromatic carbocycles. The van der Waals surface area contributed by atoms with Crippen molar-refractivity contribution >= 4 is 55.8 Å². The van der Waals surface area contributed by atoms with E-state index >= 15 is 0 Å². The number of carbonyl (C=O) groups is 3. The summed E-state index contributed by atoms with van der Waals surface area (Å²) in [6.07, 6.45) is 2.37. The normalized spacial score (nSPS) is 10.5. The third-order valence-electron chi connectivity index (χ3n) is 3.20. The summed E-state index contributed by atoms with van der Waals surface area (Å²) in [4.78, 5) is 45.2. The first-order chi connectivity index (χ1) is 12.5. The van der Waals surface area contributed by atoms with Crippen LogP contribution in [0.2, 0.25) is 0 Å². The summed E-state index contributed by atoms with van der Waals surface area (Å²) in [7, 11) is 0. The number of nitrogens with one attached hydrogen (secondary N) is 2. The van der Waals surface area contributed by atoms with Crippen LogP contribution in [0, 0.1) is 6.92 Å². The molecule has 3 aromatic rings. The van der Waals surface area contributed by atoms with Crippen LogP contribution in [0.25, 0.3) is 10.2 Å². The minimum atomic E-state index is -0.836. The number of aryl methyl sites for hydroxylation is 1. The first-order valence-corrected chi connectivity index (χ1v) is 9.21. The number of pyridine rings is 1. The summed E-state index contributed by atoms with van der Waals surface area (Å²) in [6.45, 7) is 3.58. The number of rotatable bonds is 4. The fraction of sp³-hybridized carbons (Fsp3) is 0.188. The van der Waals surface area contributed by atoms with Gasteiger partial charge in [-0.2, -0.15) is 0 Å². The van der Waals surface area contributed by atoms with Gasteiger partial charge in [-0.15, -0.1) is 22.7 Å². The van der Waals surface area contributed by atoms with Crippen molar-refractivity contribution in [2.75, 3.05) is 11.9 Å². The van der Waals surface area contributed by atoms with E-state index in [1.807, 2.05) is 0 Å². The SMILES string of the molecule is CCOC(=O)NC(=O)c1cc(C)sc1NC(=O)c1nc2cnccc2s1. The van der Waals surface area contributed by atoms with Gasteiger partial charge in [0.05, 0.1) is 23.1 Å². The molecule has 3 rings (SSSR count). The van der Waals surface area contributed by atoms with Crippen molar-refractivity contribution < 1.29 is 19.1 Å². The number of fused-ring (bicyclic) bond motifs is 1. The standard InChI is InChI=1S/C16H14N4O4S2/c1-3-24-16(23)20-12(21)9-6-8(2)25-14(9)19-13(22)15-18-10-7-17-5-4-11(10)26-15/h4-7H,3H2,1-2H3,(H,19,22)(H,20,21,23). The monoisotopic (exact) mass is 390 g/mol. The molecule has 2 N–H and O–H groups in total. The number of carbonyl (C=O) groups excluding carboxylic acids is 3. The lowest BCUT2D eigenvalue weighted by Gasteiger charge is -2.05. The molecule has 3 heterocycles. The highest BCUT2D eigenvalue weighted by atomic mass is 32.1. The van der Waals surface area contributed by atoms with Crippen LogP contribution in [0.1, 0.15) is 32.0 Å². The molecule has 26 heavy (non-hydrogen) atoms. The number of amides is 3. The van der Waals surface area contributed by atoms with Gasteiger partial charge in [-0.05, 0) is 26.0 Å². The molecule has 10 heteroatoms. The maximum Gasteiger partial charge on any atom is 0.414 e. The maximum atomic E-state index is 12.5. The molecule has 0 aliphatic carbocycles. The van der Waals surface area contributed by atoms with Crippen molar-refractivity contribution in [2.45, 2.75) is 13.8 Å². The van der Waals surface area contributed by atoms with Gasteiger partial charge in [-0.25, -0.2) is 9.78 Å². The number of ether oxygens (including phenoxy) is 1. The molecule has 0 spiro atoms. The number of hydrogen-bond donors (Lipinski definition) is 2. The van der Waals surface area contributed by atoms with E-state index in [0.717, 1.165) is 9.58 Å². The van der Waals surface area contributed by atoms with Gasteiger partial charge in [0.25, 0.3) is 11.8 Å². The quantitative estimate of drug-likeness (QED) is 0.708. The van der Waals surface area contributed by atoms with Crippen LogP contribution in [0.3, 0.4) is 0 Å². The molecule has 134 valence electrons. The molecule has 0 aliphatic heterocycles. The number of alkyl carbamates (subject to hydrolysis) is 1. The summed E-state index contributed by atoms with van der Waals surface area (Å²) in [6, 6.07) is 3.37. The average molecular weight is 390 g/mol. The number of nitrogens with zero attached hydrogens (tertiary/aromatic N) is 2. The Hall–Kier alpha value is -2.85. The molecule has 3 aromatic heterocycles. The van der Waals surface area contributed by atoms with Crippen LogP contribution in [0.15, 0.2) is 24.5 Å². The number of aromatic nitrogens is 2. The van der Waals surface area contributed by atoms with Crippen molar-refractivity contribution in [1.29, 1.82) is 0 Å². The highest BCUT2D eigenvalue weighted by Crippen LogP contribution is 2.29. The molecule has 0 saturated carbocycles. The lowest BCUT2D eigenvalue weighted by atomic mass is 10.2. The second kappa shape index (κ2) is 7.58. The topological polar surface area (TPSA) is 110 Å². The smallest absolute Gasteiger partial charge is 0.414 e. The minimum Gasteiger partial charge on any atom is -0.450 e. The average Bonchev–Trinajstić information content (AvgIpc) is 3.18. The zero-order valence-corrected chi connectivity index (χ0v) is 15.5. The van der Waals surface area contributed by atoms with E-state index in [1.54, 1.807) is 38.4 Å². The maximum absolute atomic E-state index is 12.5. The highest BCUT2D eigenvalue weighted by Gasteiger charge is 2.21. The van der Waals surface area contributed by atoms with Gasteiger partial charge < -0.3 is 10.1 Å². The number of anilines is 1. The Balaban J connectivity index is 1.80. The van der Waals surface area contributed by atoms with Crippen LogP contribution in [0.5, 0.6) is 0 Å². The summed E-state index contributed by atoms with van der Waals surface area (Å²) in [5.74, 6) is -1.07. The second-order valence-corrected chi connectivity index (χ2v) is 7.38. The lowest BCUT2D eigenvalue weighted by molar-refractivity contribution is 0.0926. The van der Waals surface area contributed by atoms with Crippen molar-refractivity contribution in [3.63, 3.8) is 0 Å². The molecular weight excluding hydrogens is 376 g/mol. The molecule has 0 saturated heterocycles. The van der Waals surface area contributed by atoms with Crippen LogP contribution in [0.4, 0.5) is 9.80 Å². The molecule has 0 bridgehead atoms. The Morgan fingerprint density at radius 3 is 2.77 bits per heavy atom. The Labute approximate surface area is 156 Å². The predicted molar refractivity (Wildman–Crippen MR) is 98.9 cm³/mol. The highest BCUT2D eigenvalue weighted by molar-refractivity contribution is 7.20. The van der Waals surface area contributed by atoms with Crippen LogP contribution < -0.4 is 10.6 Å².